The maximum Gasteiger partial charge on any atom is 0.151 e. The fourth-order valence-electron chi connectivity index (χ4n) is 2.43. The molecule has 2 aromatic carbocycles. The highest BCUT2D eigenvalue weighted by molar-refractivity contribution is 6.00. The molecule has 0 aliphatic heterocycles. The molecular formula is C22H28N4. The summed E-state index contributed by atoms with van der Waals surface area (Å²) in [7, 11) is 0. The lowest BCUT2D eigenvalue weighted by Crippen LogP contribution is -2.26. The molecule has 0 radical (unpaired) electrons. The van der Waals surface area contributed by atoms with Gasteiger partial charge in [0.25, 0.3) is 0 Å². The van der Waals surface area contributed by atoms with Gasteiger partial charge >= 0.3 is 0 Å². The highest BCUT2D eigenvalue weighted by atomic mass is 15.3. The van der Waals surface area contributed by atoms with Crippen LogP contribution in [0.3, 0.4) is 0 Å². The summed E-state index contributed by atoms with van der Waals surface area (Å²) >= 11 is 0. The minimum absolute atomic E-state index is 0.598. The zero-order valence-corrected chi connectivity index (χ0v) is 15.9. The standard InChI is InChI=1S/C22H28N4/c1-5-19-10-12-20(13-11-19)15-24-22(23-4)18(3)14-25-26-16-21-8-6-17(2)7-9-21/h6-14,25-26H,4-5,15-16H2,1-3H3. The molecule has 0 bridgehead atoms. The summed E-state index contributed by atoms with van der Waals surface area (Å²) in [5.41, 5.74) is 12.2. The van der Waals surface area contributed by atoms with E-state index in [4.69, 9.17) is 0 Å². The fraction of sp³-hybridized carbons (Fsp3) is 0.273. The average Bonchev–Trinajstić information content (AvgIpc) is 2.67. The maximum atomic E-state index is 4.57. The zero-order valence-electron chi connectivity index (χ0n) is 15.9. The molecule has 2 aromatic rings. The Balaban J connectivity index is 1.87. The van der Waals surface area contributed by atoms with Gasteiger partial charge in [0, 0.05) is 18.3 Å². The molecule has 0 saturated carbocycles. The fourth-order valence-corrected chi connectivity index (χ4v) is 2.43. The highest BCUT2D eigenvalue weighted by Crippen LogP contribution is 2.08. The Morgan fingerprint density at radius 1 is 1.00 bits per heavy atom. The first kappa shape index (κ1) is 19.6. The maximum absolute atomic E-state index is 4.57. The summed E-state index contributed by atoms with van der Waals surface area (Å²) in [6, 6.07) is 17.0. The molecule has 4 nitrogen and oxygen atoms in total. The Labute approximate surface area is 156 Å². The van der Waals surface area contributed by atoms with Crippen molar-refractivity contribution in [1.29, 1.82) is 0 Å². The number of hydrazine groups is 1. The number of aliphatic imine (C=N–C) groups is 2. The Kier molecular flexibility index (Phi) is 7.77. The molecule has 0 aliphatic carbocycles. The van der Waals surface area contributed by atoms with Crippen LogP contribution in [0.2, 0.25) is 0 Å². The lowest BCUT2D eigenvalue weighted by Gasteiger charge is -2.07. The van der Waals surface area contributed by atoms with E-state index in [1.807, 2.05) is 13.1 Å². The topological polar surface area (TPSA) is 48.8 Å². The molecule has 0 aromatic heterocycles. The van der Waals surface area contributed by atoms with E-state index in [2.05, 4.69) is 89.9 Å². The molecule has 0 amide bonds. The summed E-state index contributed by atoms with van der Waals surface area (Å²) in [6.07, 6.45) is 2.91. The van der Waals surface area contributed by atoms with Crippen LogP contribution < -0.4 is 10.9 Å². The number of amidine groups is 1. The van der Waals surface area contributed by atoms with Crippen molar-refractivity contribution in [2.24, 2.45) is 9.98 Å². The van der Waals surface area contributed by atoms with Crippen LogP contribution in [0.5, 0.6) is 0 Å². The van der Waals surface area contributed by atoms with Gasteiger partial charge in [-0.2, -0.15) is 0 Å². The Morgan fingerprint density at radius 2 is 1.62 bits per heavy atom. The van der Waals surface area contributed by atoms with Crippen molar-refractivity contribution in [3.8, 4) is 0 Å². The van der Waals surface area contributed by atoms with Gasteiger partial charge in [-0.05, 0) is 43.7 Å². The van der Waals surface area contributed by atoms with Crippen molar-refractivity contribution < 1.29 is 0 Å². The van der Waals surface area contributed by atoms with E-state index in [0.29, 0.717) is 12.4 Å². The number of nitrogens with zero attached hydrogens (tertiary/aromatic N) is 2. The molecular weight excluding hydrogens is 320 g/mol. The molecule has 136 valence electrons. The molecule has 0 aliphatic rings. The minimum atomic E-state index is 0.598. The SMILES string of the molecule is C=NC(=NCc1ccc(CC)cc1)C(C)=CNNCc1ccc(C)cc1. The average molecular weight is 348 g/mol. The van der Waals surface area contributed by atoms with Crippen molar-refractivity contribution in [2.45, 2.75) is 40.3 Å². The quantitative estimate of drug-likeness (QED) is 0.322. The van der Waals surface area contributed by atoms with Crippen LogP contribution in [-0.2, 0) is 19.5 Å². The van der Waals surface area contributed by atoms with E-state index >= 15 is 0 Å². The number of rotatable bonds is 8. The number of hydrogen-bond donors (Lipinski definition) is 2. The lowest BCUT2D eigenvalue weighted by atomic mass is 10.1. The molecule has 0 spiro atoms. The van der Waals surface area contributed by atoms with Crippen LogP contribution >= 0.6 is 0 Å². The van der Waals surface area contributed by atoms with E-state index < -0.39 is 0 Å². The smallest absolute Gasteiger partial charge is 0.151 e. The molecule has 0 saturated heterocycles. The number of nitrogens with one attached hydrogen (secondary N) is 2. The molecule has 26 heavy (non-hydrogen) atoms. The van der Waals surface area contributed by atoms with E-state index in [0.717, 1.165) is 18.5 Å². The van der Waals surface area contributed by atoms with E-state index in [-0.39, 0.29) is 0 Å². The van der Waals surface area contributed by atoms with E-state index in [1.54, 1.807) is 0 Å². The molecule has 4 heteroatoms. The van der Waals surface area contributed by atoms with Crippen molar-refractivity contribution in [2.75, 3.05) is 0 Å². The van der Waals surface area contributed by atoms with Crippen LogP contribution in [0, 0.1) is 6.92 Å². The molecule has 2 rings (SSSR count). The monoisotopic (exact) mass is 348 g/mol. The van der Waals surface area contributed by atoms with Crippen LogP contribution in [-0.4, -0.2) is 12.6 Å². The summed E-state index contributed by atoms with van der Waals surface area (Å²) in [4.78, 5) is 8.61. The molecule has 0 heterocycles. The summed E-state index contributed by atoms with van der Waals surface area (Å²) in [5, 5.41) is 0. The predicted octanol–water partition coefficient (Wildman–Crippen LogP) is 4.35. The molecule has 0 unspecified atom stereocenters. The van der Waals surface area contributed by atoms with Gasteiger partial charge in [0.15, 0.2) is 5.84 Å². The van der Waals surface area contributed by atoms with Gasteiger partial charge in [0.05, 0.1) is 6.54 Å². The van der Waals surface area contributed by atoms with Crippen LogP contribution in [0.15, 0.2) is 70.3 Å². The molecule has 0 atom stereocenters. The first-order valence-electron chi connectivity index (χ1n) is 8.92. The van der Waals surface area contributed by atoms with Crippen molar-refractivity contribution in [3.63, 3.8) is 0 Å². The number of hydrogen-bond acceptors (Lipinski definition) is 3. The van der Waals surface area contributed by atoms with Gasteiger partial charge in [0.1, 0.15) is 0 Å². The van der Waals surface area contributed by atoms with Crippen molar-refractivity contribution in [1.82, 2.24) is 10.9 Å². The normalized spacial score (nSPS) is 12.1. The minimum Gasteiger partial charge on any atom is -0.328 e. The van der Waals surface area contributed by atoms with Crippen LogP contribution in [0.1, 0.15) is 36.1 Å². The number of aryl methyl sites for hydroxylation is 2. The first-order chi connectivity index (χ1) is 12.6. The van der Waals surface area contributed by atoms with Gasteiger partial charge in [0.2, 0.25) is 0 Å². The van der Waals surface area contributed by atoms with Gasteiger partial charge < -0.3 is 5.43 Å². The first-order valence-corrected chi connectivity index (χ1v) is 8.92. The third-order valence-electron chi connectivity index (χ3n) is 4.15. The third kappa shape index (κ3) is 6.30. The second-order valence-corrected chi connectivity index (χ2v) is 6.28. The Morgan fingerprint density at radius 3 is 2.23 bits per heavy atom. The predicted molar refractivity (Wildman–Crippen MR) is 111 cm³/mol. The van der Waals surface area contributed by atoms with Gasteiger partial charge in [-0.1, -0.05) is 61.0 Å². The largest absolute Gasteiger partial charge is 0.328 e. The molecule has 2 N–H and O–H groups in total. The van der Waals surface area contributed by atoms with E-state index in [9.17, 15) is 0 Å². The second-order valence-electron chi connectivity index (χ2n) is 6.28. The summed E-state index contributed by atoms with van der Waals surface area (Å²) in [5.74, 6) is 0.647. The molecule has 0 fully saturated rings. The summed E-state index contributed by atoms with van der Waals surface area (Å²) < 4.78 is 0. The highest BCUT2D eigenvalue weighted by Gasteiger charge is 2.00. The van der Waals surface area contributed by atoms with Crippen LogP contribution in [0.4, 0.5) is 0 Å². The van der Waals surface area contributed by atoms with Gasteiger partial charge in [-0.25, -0.2) is 10.4 Å². The van der Waals surface area contributed by atoms with E-state index in [1.165, 1.54) is 22.3 Å². The Bertz CT molecular complexity index is 756. The van der Waals surface area contributed by atoms with Crippen molar-refractivity contribution >= 4 is 12.6 Å². The third-order valence-corrected chi connectivity index (χ3v) is 4.15. The Hall–Kier alpha value is -2.72. The lowest BCUT2D eigenvalue weighted by molar-refractivity contribution is 0.624. The van der Waals surface area contributed by atoms with Gasteiger partial charge in [-0.15, -0.1) is 0 Å². The van der Waals surface area contributed by atoms with Crippen LogP contribution in [0.25, 0.3) is 0 Å². The summed E-state index contributed by atoms with van der Waals surface area (Å²) in [6.45, 7) is 11.2. The van der Waals surface area contributed by atoms with Gasteiger partial charge in [-0.3, -0.25) is 4.99 Å². The number of benzene rings is 2. The van der Waals surface area contributed by atoms with Crippen molar-refractivity contribution in [3.05, 3.63) is 82.6 Å². The zero-order chi connectivity index (χ0) is 18.8. The second kappa shape index (κ2) is 10.3.